The maximum Gasteiger partial charge on any atom is 0.189 e. The van der Waals surface area contributed by atoms with Gasteiger partial charge in [0, 0.05) is 23.3 Å². The van der Waals surface area contributed by atoms with Gasteiger partial charge in [-0.1, -0.05) is 37.3 Å². The first-order chi connectivity index (χ1) is 7.33. The smallest absolute Gasteiger partial charge is 0.189 e. The standard InChI is InChI=1S/C13H14OS/c1-2-15-8-7-11-9-10-5-3-4-6-12(10)13(11)14/h3-7H,2,8-9H2,1H3/b11-7-. The van der Waals surface area contributed by atoms with Crippen LogP contribution in [0.2, 0.25) is 0 Å². The molecule has 0 aromatic heterocycles. The molecule has 0 fully saturated rings. The number of Topliss-reactive ketones (excluding diaryl/α,β-unsaturated/α-hetero) is 1. The third-order valence-electron chi connectivity index (χ3n) is 2.59. The van der Waals surface area contributed by atoms with E-state index in [0.717, 1.165) is 29.1 Å². The predicted octanol–water partition coefficient (Wildman–Crippen LogP) is 3.10. The first kappa shape index (κ1) is 10.5. The molecule has 0 N–H and O–H groups in total. The van der Waals surface area contributed by atoms with E-state index >= 15 is 0 Å². The zero-order valence-electron chi connectivity index (χ0n) is 8.82. The molecule has 0 radical (unpaired) electrons. The van der Waals surface area contributed by atoms with Crippen molar-refractivity contribution in [3.05, 3.63) is 47.0 Å². The van der Waals surface area contributed by atoms with Gasteiger partial charge >= 0.3 is 0 Å². The van der Waals surface area contributed by atoms with Gasteiger partial charge in [-0.25, -0.2) is 0 Å². The molecule has 1 aromatic rings. The van der Waals surface area contributed by atoms with Crippen molar-refractivity contribution in [3.8, 4) is 0 Å². The van der Waals surface area contributed by atoms with Gasteiger partial charge in [0.05, 0.1) is 0 Å². The van der Waals surface area contributed by atoms with Gasteiger partial charge in [-0.2, -0.15) is 11.8 Å². The van der Waals surface area contributed by atoms with E-state index in [-0.39, 0.29) is 5.78 Å². The van der Waals surface area contributed by atoms with Crippen molar-refractivity contribution in [3.63, 3.8) is 0 Å². The maximum atomic E-state index is 11.9. The summed E-state index contributed by atoms with van der Waals surface area (Å²) >= 11 is 1.85. The molecular formula is C13H14OS. The number of carbonyl (C=O) groups excluding carboxylic acids is 1. The highest BCUT2D eigenvalue weighted by Crippen LogP contribution is 2.26. The van der Waals surface area contributed by atoms with Crippen molar-refractivity contribution in [1.82, 2.24) is 0 Å². The zero-order valence-corrected chi connectivity index (χ0v) is 9.64. The van der Waals surface area contributed by atoms with E-state index < -0.39 is 0 Å². The van der Waals surface area contributed by atoms with Crippen molar-refractivity contribution < 1.29 is 4.79 Å². The lowest BCUT2D eigenvalue weighted by atomic mass is 10.1. The Hall–Kier alpha value is -1.02. The van der Waals surface area contributed by atoms with Crippen molar-refractivity contribution in [2.45, 2.75) is 13.3 Å². The lowest BCUT2D eigenvalue weighted by molar-refractivity contribution is 0.103. The van der Waals surface area contributed by atoms with Crippen LogP contribution in [0.5, 0.6) is 0 Å². The summed E-state index contributed by atoms with van der Waals surface area (Å²) in [5.41, 5.74) is 3.04. The topological polar surface area (TPSA) is 17.1 Å². The molecule has 0 saturated heterocycles. The number of thioether (sulfide) groups is 1. The van der Waals surface area contributed by atoms with Crippen molar-refractivity contribution in [2.75, 3.05) is 11.5 Å². The van der Waals surface area contributed by atoms with E-state index in [2.05, 4.69) is 13.0 Å². The van der Waals surface area contributed by atoms with Gasteiger partial charge in [0.2, 0.25) is 0 Å². The van der Waals surface area contributed by atoms with Crippen LogP contribution >= 0.6 is 11.8 Å². The highest BCUT2D eigenvalue weighted by molar-refractivity contribution is 7.99. The fourth-order valence-electron chi connectivity index (χ4n) is 1.80. The number of benzene rings is 1. The van der Waals surface area contributed by atoms with Crippen LogP contribution in [0.4, 0.5) is 0 Å². The van der Waals surface area contributed by atoms with Gasteiger partial charge in [-0.3, -0.25) is 4.79 Å². The fourth-order valence-corrected chi connectivity index (χ4v) is 2.35. The molecule has 1 aliphatic rings. The van der Waals surface area contributed by atoms with Crippen LogP contribution in [-0.2, 0) is 6.42 Å². The van der Waals surface area contributed by atoms with Gasteiger partial charge in [0.15, 0.2) is 5.78 Å². The molecule has 15 heavy (non-hydrogen) atoms. The molecule has 1 nitrogen and oxygen atoms in total. The zero-order chi connectivity index (χ0) is 10.7. The van der Waals surface area contributed by atoms with Crippen LogP contribution in [-0.4, -0.2) is 17.3 Å². The van der Waals surface area contributed by atoms with E-state index in [1.165, 1.54) is 5.56 Å². The fraction of sp³-hybridized carbons (Fsp3) is 0.308. The summed E-state index contributed by atoms with van der Waals surface area (Å²) in [5.74, 6) is 2.28. The second-order valence-electron chi connectivity index (χ2n) is 3.55. The Morgan fingerprint density at radius 1 is 1.40 bits per heavy atom. The summed E-state index contributed by atoms with van der Waals surface area (Å²) < 4.78 is 0. The molecule has 0 spiro atoms. The minimum absolute atomic E-state index is 0.224. The largest absolute Gasteiger partial charge is 0.289 e. The number of hydrogen-bond donors (Lipinski definition) is 0. The number of rotatable bonds is 3. The summed E-state index contributed by atoms with van der Waals surface area (Å²) in [6.45, 7) is 2.13. The third kappa shape index (κ3) is 2.15. The molecule has 0 unspecified atom stereocenters. The van der Waals surface area contributed by atoms with E-state index in [4.69, 9.17) is 0 Å². The van der Waals surface area contributed by atoms with Gasteiger partial charge in [0.1, 0.15) is 0 Å². The van der Waals surface area contributed by atoms with Crippen LogP contribution in [0.25, 0.3) is 0 Å². The van der Waals surface area contributed by atoms with Gasteiger partial charge < -0.3 is 0 Å². The second kappa shape index (κ2) is 4.67. The molecule has 1 aromatic carbocycles. The Labute approximate surface area is 94.6 Å². The molecule has 2 heteroatoms. The lowest BCUT2D eigenvalue weighted by Gasteiger charge is -1.94. The Balaban J connectivity index is 2.16. The summed E-state index contributed by atoms with van der Waals surface area (Å²) in [6.07, 6.45) is 2.90. The van der Waals surface area contributed by atoms with Crippen LogP contribution in [0.1, 0.15) is 22.8 Å². The number of hydrogen-bond acceptors (Lipinski definition) is 2. The molecule has 2 rings (SSSR count). The predicted molar refractivity (Wildman–Crippen MR) is 65.6 cm³/mol. The van der Waals surface area contributed by atoms with Crippen molar-refractivity contribution >= 4 is 17.5 Å². The highest BCUT2D eigenvalue weighted by atomic mass is 32.2. The molecule has 0 bridgehead atoms. The summed E-state index contributed by atoms with van der Waals surface area (Å²) in [5, 5.41) is 0. The first-order valence-corrected chi connectivity index (χ1v) is 6.37. The van der Waals surface area contributed by atoms with Crippen LogP contribution < -0.4 is 0 Å². The van der Waals surface area contributed by atoms with Crippen molar-refractivity contribution in [1.29, 1.82) is 0 Å². The van der Waals surface area contributed by atoms with Gasteiger partial charge in [0.25, 0.3) is 0 Å². The molecule has 0 amide bonds. The van der Waals surface area contributed by atoms with E-state index in [1.807, 2.05) is 36.0 Å². The maximum absolute atomic E-state index is 11.9. The van der Waals surface area contributed by atoms with Crippen LogP contribution in [0, 0.1) is 0 Å². The second-order valence-corrected chi connectivity index (χ2v) is 4.87. The Kier molecular flexibility index (Phi) is 3.27. The average molecular weight is 218 g/mol. The number of ketones is 1. The Morgan fingerprint density at radius 3 is 2.93 bits per heavy atom. The van der Waals surface area contributed by atoms with Gasteiger partial charge in [-0.15, -0.1) is 0 Å². The lowest BCUT2D eigenvalue weighted by Crippen LogP contribution is -1.95. The van der Waals surface area contributed by atoms with Gasteiger partial charge in [-0.05, 0) is 11.3 Å². The first-order valence-electron chi connectivity index (χ1n) is 5.22. The van der Waals surface area contributed by atoms with Crippen LogP contribution in [0.3, 0.4) is 0 Å². The molecule has 78 valence electrons. The normalized spacial score (nSPS) is 17.1. The SMILES string of the molecule is CCSC/C=C1/Cc2ccccc2C1=O. The minimum atomic E-state index is 0.224. The highest BCUT2D eigenvalue weighted by Gasteiger charge is 2.23. The summed E-state index contributed by atoms with van der Waals surface area (Å²) in [7, 11) is 0. The number of carbonyl (C=O) groups is 1. The third-order valence-corrected chi connectivity index (χ3v) is 3.40. The average Bonchev–Trinajstić information content (AvgIpc) is 2.57. The molecule has 0 aliphatic heterocycles. The van der Waals surface area contributed by atoms with Crippen LogP contribution in [0.15, 0.2) is 35.9 Å². The minimum Gasteiger partial charge on any atom is -0.289 e. The number of fused-ring (bicyclic) bond motifs is 1. The van der Waals surface area contributed by atoms with E-state index in [1.54, 1.807) is 0 Å². The molecule has 0 saturated carbocycles. The van der Waals surface area contributed by atoms with E-state index in [0.29, 0.717) is 0 Å². The molecule has 0 heterocycles. The number of allylic oxidation sites excluding steroid dienone is 1. The summed E-state index contributed by atoms with van der Waals surface area (Å²) in [6, 6.07) is 7.89. The summed E-state index contributed by atoms with van der Waals surface area (Å²) in [4.78, 5) is 11.9. The quantitative estimate of drug-likeness (QED) is 0.573. The monoisotopic (exact) mass is 218 g/mol. The molecule has 1 aliphatic carbocycles. The Bertz CT molecular complexity index is 407. The van der Waals surface area contributed by atoms with E-state index in [9.17, 15) is 4.79 Å². The van der Waals surface area contributed by atoms with Crippen molar-refractivity contribution in [2.24, 2.45) is 0 Å². The molecular weight excluding hydrogens is 204 g/mol. The molecule has 0 atom stereocenters. The Morgan fingerprint density at radius 2 is 2.20 bits per heavy atom.